The van der Waals surface area contributed by atoms with Crippen molar-refractivity contribution in [3.05, 3.63) is 53.5 Å². The van der Waals surface area contributed by atoms with Gasteiger partial charge in [0.1, 0.15) is 0 Å². The average molecular weight is 378 g/mol. The number of rotatable bonds is 5. The first-order valence-corrected chi connectivity index (χ1v) is 9.13. The van der Waals surface area contributed by atoms with E-state index in [2.05, 4.69) is 5.10 Å². The van der Waals surface area contributed by atoms with Gasteiger partial charge < -0.3 is 9.47 Å². The van der Waals surface area contributed by atoms with E-state index >= 15 is 0 Å². The standard InChI is InChI=1S/C21H22N4O3/c1-5-24-11-15(10-22-24)25-12-17-20(21(25)26)13(2)8-16(23-17)14-6-7-18(27-3)19(9-14)28-4/h6-11H,5,12H2,1-4H3. The first kappa shape index (κ1) is 18.0. The number of aromatic nitrogens is 3. The number of hydrogen-bond donors (Lipinski definition) is 0. The summed E-state index contributed by atoms with van der Waals surface area (Å²) in [6, 6.07) is 7.63. The lowest BCUT2D eigenvalue weighted by Crippen LogP contribution is -2.22. The van der Waals surface area contributed by atoms with E-state index in [-0.39, 0.29) is 5.91 Å². The van der Waals surface area contributed by atoms with E-state index in [0.29, 0.717) is 23.6 Å². The van der Waals surface area contributed by atoms with Crippen LogP contribution >= 0.6 is 0 Å². The predicted octanol–water partition coefficient (Wildman–Crippen LogP) is 3.45. The van der Waals surface area contributed by atoms with Crippen LogP contribution in [0.2, 0.25) is 0 Å². The van der Waals surface area contributed by atoms with Gasteiger partial charge in [0.2, 0.25) is 0 Å². The van der Waals surface area contributed by atoms with Crippen molar-refractivity contribution in [3.63, 3.8) is 0 Å². The molecule has 1 aromatic carbocycles. The second kappa shape index (κ2) is 6.99. The van der Waals surface area contributed by atoms with Gasteiger partial charge in [-0.25, -0.2) is 0 Å². The Kier molecular flexibility index (Phi) is 4.50. The highest BCUT2D eigenvalue weighted by Crippen LogP contribution is 2.35. The molecule has 1 aliphatic heterocycles. The minimum Gasteiger partial charge on any atom is -0.493 e. The van der Waals surface area contributed by atoms with Crippen molar-refractivity contribution in [1.82, 2.24) is 14.8 Å². The predicted molar refractivity (Wildman–Crippen MR) is 106 cm³/mol. The minimum absolute atomic E-state index is 0.0329. The SMILES string of the molecule is CCn1cc(N2Cc3nc(-c4ccc(OC)c(OC)c4)cc(C)c3C2=O)cn1. The van der Waals surface area contributed by atoms with Gasteiger partial charge in [0.25, 0.3) is 5.91 Å². The van der Waals surface area contributed by atoms with Crippen LogP contribution in [0.25, 0.3) is 11.3 Å². The van der Waals surface area contributed by atoms with Crippen molar-refractivity contribution >= 4 is 11.6 Å². The zero-order chi connectivity index (χ0) is 19.8. The molecule has 0 fully saturated rings. The van der Waals surface area contributed by atoms with E-state index in [0.717, 1.165) is 34.7 Å². The van der Waals surface area contributed by atoms with E-state index in [4.69, 9.17) is 14.5 Å². The molecule has 7 nitrogen and oxygen atoms in total. The quantitative estimate of drug-likeness (QED) is 0.680. The van der Waals surface area contributed by atoms with Crippen molar-refractivity contribution < 1.29 is 14.3 Å². The van der Waals surface area contributed by atoms with E-state index in [1.807, 2.05) is 44.3 Å². The molecule has 4 rings (SSSR count). The van der Waals surface area contributed by atoms with Gasteiger partial charge in [-0.2, -0.15) is 5.10 Å². The first-order chi connectivity index (χ1) is 13.5. The zero-order valence-electron chi connectivity index (χ0n) is 16.4. The molecule has 1 amide bonds. The molecular formula is C21H22N4O3. The van der Waals surface area contributed by atoms with Gasteiger partial charge in [0, 0.05) is 18.3 Å². The molecule has 3 aromatic rings. The van der Waals surface area contributed by atoms with E-state index in [9.17, 15) is 4.79 Å². The lowest BCUT2D eigenvalue weighted by atomic mass is 10.0. The molecule has 2 aromatic heterocycles. The number of methoxy groups -OCH3 is 2. The van der Waals surface area contributed by atoms with Crippen LogP contribution in [0.1, 0.15) is 28.5 Å². The van der Waals surface area contributed by atoms with Crippen LogP contribution in [0.4, 0.5) is 5.69 Å². The van der Waals surface area contributed by atoms with Gasteiger partial charge in [0.15, 0.2) is 11.5 Å². The third-order valence-corrected chi connectivity index (χ3v) is 4.99. The van der Waals surface area contributed by atoms with Crippen LogP contribution in [-0.2, 0) is 13.1 Å². The Morgan fingerprint density at radius 2 is 1.93 bits per heavy atom. The molecule has 0 saturated carbocycles. The summed E-state index contributed by atoms with van der Waals surface area (Å²) in [7, 11) is 3.21. The maximum Gasteiger partial charge on any atom is 0.260 e. The van der Waals surface area contributed by atoms with Crippen LogP contribution in [0.3, 0.4) is 0 Å². The molecule has 0 unspecified atom stereocenters. The number of hydrogen-bond acceptors (Lipinski definition) is 5. The molecule has 0 N–H and O–H groups in total. The fourth-order valence-electron chi connectivity index (χ4n) is 3.52. The summed E-state index contributed by atoms with van der Waals surface area (Å²) in [4.78, 5) is 19.5. The molecule has 1 aliphatic rings. The van der Waals surface area contributed by atoms with Crippen molar-refractivity contribution in [3.8, 4) is 22.8 Å². The molecule has 0 atom stereocenters. The molecular weight excluding hydrogens is 356 g/mol. The number of ether oxygens (including phenoxy) is 2. The molecule has 0 radical (unpaired) electrons. The highest BCUT2D eigenvalue weighted by Gasteiger charge is 2.32. The van der Waals surface area contributed by atoms with Crippen LogP contribution in [-0.4, -0.2) is 34.9 Å². The Morgan fingerprint density at radius 3 is 2.61 bits per heavy atom. The van der Waals surface area contributed by atoms with Gasteiger partial charge in [-0.05, 0) is 43.7 Å². The average Bonchev–Trinajstić information content (AvgIpc) is 3.31. The Labute approximate surface area is 163 Å². The van der Waals surface area contributed by atoms with Gasteiger partial charge in [-0.3, -0.25) is 19.4 Å². The Balaban J connectivity index is 1.72. The molecule has 28 heavy (non-hydrogen) atoms. The fraction of sp³-hybridized carbons (Fsp3) is 0.286. The molecule has 0 spiro atoms. The molecule has 7 heteroatoms. The topological polar surface area (TPSA) is 69.5 Å². The number of anilines is 1. The summed E-state index contributed by atoms with van der Waals surface area (Å²) < 4.78 is 12.5. The number of pyridine rings is 1. The molecule has 144 valence electrons. The van der Waals surface area contributed by atoms with Gasteiger partial charge in [0.05, 0.1) is 49.6 Å². The largest absolute Gasteiger partial charge is 0.493 e. The first-order valence-electron chi connectivity index (χ1n) is 9.13. The van der Waals surface area contributed by atoms with Crippen LogP contribution in [0.5, 0.6) is 11.5 Å². The van der Waals surface area contributed by atoms with Crippen LogP contribution < -0.4 is 14.4 Å². The van der Waals surface area contributed by atoms with Crippen LogP contribution in [0, 0.1) is 6.92 Å². The van der Waals surface area contributed by atoms with E-state index in [1.165, 1.54) is 0 Å². The Bertz CT molecular complexity index is 1060. The molecule has 0 aliphatic carbocycles. The lowest BCUT2D eigenvalue weighted by Gasteiger charge is -2.12. The van der Waals surface area contributed by atoms with Crippen molar-refractivity contribution in [2.24, 2.45) is 0 Å². The maximum absolute atomic E-state index is 13.0. The monoisotopic (exact) mass is 378 g/mol. The Hall–Kier alpha value is -3.35. The maximum atomic E-state index is 13.0. The number of carbonyl (C=O) groups is 1. The molecule has 0 saturated heterocycles. The number of aryl methyl sites for hydroxylation is 2. The summed E-state index contributed by atoms with van der Waals surface area (Å²) in [6.07, 6.45) is 3.60. The van der Waals surface area contributed by atoms with Gasteiger partial charge in [-0.1, -0.05) is 0 Å². The normalized spacial score (nSPS) is 13.0. The second-order valence-corrected chi connectivity index (χ2v) is 6.66. The highest BCUT2D eigenvalue weighted by atomic mass is 16.5. The number of benzene rings is 1. The van der Waals surface area contributed by atoms with Crippen molar-refractivity contribution in [2.45, 2.75) is 26.9 Å². The van der Waals surface area contributed by atoms with Gasteiger partial charge >= 0.3 is 0 Å². The van der Waals surface area contributed by atoms with E-state index < -0.39 is 0 Å². The van der Waals surface area contributed by atoms with E-state index in [1.54, 1.807) is 30.0 Å². The summed E-state index contributed by atoms with van der Waals surface area (Å²) in [5.41, 5.74) is 4.86. The fourth-order valence-corrected chi connectivity index (χ4v) is 3.52. The highest BCUT2D eigenvalue weighted by molar-refractivity contribution is 6.10. The molecule has 3 heterocycles. The minimum atomic E-state index is -0.0329. The second-order valence-electron chi connectivity index (χ2n) is 6.66. The number of fused-ring (bicyclic) bond motifs is 1. The third kappa shape index (κ3) is 2.89. The van der Waals surface area contributed by atoms with Gasteiger partial charge in [-0.15, -0.1) is 0 Å². The third-order valence-electron chi connectivity index (χ3n) is 4.99. The van der Waals surface area contributed by atoms with Crippen LogP contribution in [0.15, 0.2) is 36.7 Å². The molecule has 0 bridgehead atoms. The number of carbonyl (C=O) groups excluding carboxylic acids is 1. The number of amides is 1. The smallest absolute Gasteiger partial charge is 0.260 e. The summed E-state index contributed by atoms with van der Waals surface area (Å²) in [6.45, 7) is 5.15. The van der Waals surface area contributed by atoms with Crippen molar-refractivity contribution in [1.29, 1.82) is 0 Å². The number of nitrogens with zero attached hydrogens (tertiary/aromatic N) is 4. The Morgan fingerprint density at radius 1 is 1.14 bits per heavy atom. The lowest BCUT2D eigenvalue weighted by molar-refractivity contribution is 0.0996. The summed E-state index contributed by atoms with van der Waals surface area (Å²) >= 11 is 0. The summed E-state index contributed by atoms with van der Waals surface area (Å²) in [5, 5.41) is 4.28. The summed E-state index contributed by atoms with van der Waals surface area (Å²) in [5.74, 6) is 1.28. The van der Waals surface area contributed by atoms with Crippen molar-refractivity contribution in [2.75, 3.05) is 19.1 Å². The zero-order valence-corrected chi connectivity index (χ0v) is 16.4.